The van der Waals surface area contributed by atoms with E-state index in [1.54, 1.807) is 10.6 Å². The minimum atomic E-state index is 0.0272. The maximum absolute atomic E-state index is 12.3. The normalized spacial score (nSPS) is 10.8. The van der Waals surface area contributed by atoms with Crippen LogP contribution in [0.1, 0.15) is 22.3 Å². The van der Waals surface area contributed by atoms with E-state index in [4.69, 9.17) is 0 Å². The van der Waals surface area contributed by atoms with Gasteiger partial charge >= 0.3 is 0 Å². The van der Waals surface area contributed by atoms with Crippen LogP contribution in [-0.4, -0.2) is 4.57 Å². The molecule has 0 bridgehead atoms. The first-order valence-corrected chi connectivity index (χ1v) is 9.57. The highest BCUT2D eigenvalue weighted by Gasteiger charge is 2.07. The summed E-state index contributed by atoms with van der Waals surface area (Å²) in [5, 5.41) is 0. The summed E-state index contributed by atoms with van der Waals surface area (Å²) in [6.45, 7) is 2.69. The van der Waals surface area contributed by atoms with Gasteiger partial charge in [-0.3, -0.25) is 4.79 Å². The van der Waals surface area contributed by atoms with Gasteiger partial charge in [0, 0.05) is 12.3 Å². The molecular formula is C26H23NO. The molecule has 4 rings (SSSR count). The Kier molecular flexibility index (Phi) is 5.20. The Balaban J connectivity index is 1.64. The van der Waals surface area contributed by atoms with Crippen LogP contribution < -0.4 is 5.56 Å². The Hall–Kier alpha value is -3.39. The third-order valence-corrected chi connectivity index (χ3v) is 5.01. The summed E-state index contributed by atoms with van der Waals surface area (Å²) in [7, 11) is 0. The van der Waals surface area contributed by atoms with Crippen molar-refractivity contribution in [1.29, 1.82) is 0 Å². The van der Waals surface area contributed by atoms with Crippen molar-refractivity contribution in [3.8, 4) is 11.1 Å². The van der Waals surface area contributed by atoms with E-state index in [1.165, 1.54) is 22.3 Å². The molecular weight excluding hydrogens is 342 g/mol. The van der Waals surface area contributed by atoms with Gasteiger partial charge in [-0.1, -0.05) is 90.5 Å². The van der Waals surface area contributed by atoms with Crippen molar-refractivity contribution in [2.24, 2.45) is 0 Å². The summed E-state index contributed by atoms with van der Waals surface area (Å²) in [5.41, 5.74) is 7.27. The number of pyridine rings is 1. The number of hydrogen-bond acceptors (Lipinski definition) is 1. The molecule has 28 heavy (non-hydrogen) atoms. The number of benzene rings is 3. The number of rotatable bonds is 5. The third-order valence-electron chi connectivity index (χ3n) is 5.01. The average molecular weight is 365 g/mol. The molecule has 0 saturated carbocycles. The number of aromatic nitrogens is 1. The molecule has 2 nitrogen and oxygen atoms in total. The molecule has 0 atom stereocenters. The minimum absolute atomic E-state index is 0.0272. The lowest BCUT2D eigenvalue weighted by Crippen LogP contribution is -2.19. The quantitative estimate of drug-likeness (QED) is 0.460. The predicted octanol–water partition coefficient (Wildman–Crippen LogP) is 5.46. The fourth-order valence-corrected chi connectivity index (χ4v) is 3.50. The molecule has 0 fully saturated rings. The first-order valence-electron chi connectivity index (χ1n) is 9.57. The van der Waals surface area contributed by atoms with Crippen LogP contribution in [0, 0.1) is 6.92 Å². The van der Waals surface area contributed by atoms with Gasteiger partial charge < -0.3 is 4.57 Å². The van der Waals surface area contributed by atoms with Crippen LogP contribution in [0.5, 0.6) is 0 Å². The van der Waals surface area contributed by atoms with Gasteiger partial charge in [0.2, 0.25) is 0 Å². The number of hydrogen-bond donors (Lipinski definition) is 0. The first kappa shape index (κ1) is 18.0. The van der Waals surface area contributed by atoms with Crippen molar-refractivity contribution < 1.29 is 0 Å². The molecule has 0 N–H and O–H groups in total. The molecule has 1 aromatic heterocycles. The van der Waals surface area contributed by atoms with Crippen LogP contribution in [0.4, 0.5) is 0 Å². The van der Waals surface area contributed by atoms with Crippen LogP contribution in [0.3, 0.4) is 0 Å². The SMILES string of the molecule is Cc1ccc(-c2ccccc2Cc2ccc(=O)n(Cc3ccccc3)c2)cc1. The largest absolute Gasteiger partial charge is 0.311 e. The van der Waals surface area contributed by atoms with Crippen LogP contribution in [0.15, 0.2) is 102 Å². The zero-order valence-electron chi connectivity index (χ0n) is 16.0. The van der Waals surface area contributed by atoms with E-state index in [-0.39, 0.29) is 5.56 Å². The second-order valence-electron chi connectivity index (χ2n) is 7.19. The molecule has 0 saturated heterocycles. The predicted molar refractivity (Wildman–Crippen MR) is 116 cm³/mol. The van der Waals surface area contributed by atoms with Crippen LogP contribution in [0.2, 0.25) is 0 Å². The van der Waals surface area contributed by atoms with Crippen molar-refractivity contribution >= 4 is 0 Å². The molecule has 4 aromatic rings. The summed E-state index contributed by atoms with van der Waals surface area (Å²) < 4.78 is 1.79. The molecule has 138 valence electrons. The summed E-state index contributed by atoms with van der Waals surface area (Å²) in [5.74, 6) is 0. The van der Waals surface area contributed by atoms with E-state index < -0.39 is 0 Å². The van der Waals surface area contributed by atoms with Gasteiger partial charge in [0.15, 0.2) is 0 Å². The van der Waals surface area contributed by atoms with Gasteiger partial charge in [-0.25, -0.2) is 0 Å². The lowest BCUT2D eigenvalue weighted by Gasteiger charge is -2.12. The fourth-order valence-electron chi connectivity index (χ4n) is 3.50. The smallest absolute Gasteiger partial charge is 0.250 e. The Morgan fingerprint density at radius 3 is 2.21 bits per heavy atom. The Labute approximate surface area is 165 Å². The Bertz CT molecular complexity index is 1120. The lowest BCUT2D eigenvalue weighted by atomic mass is 9.95. The molecule has 0 aliphatic heterocycles. The minimum Gasteiger partial charge on any atom is -0.311 e. The highest BCUT2D eigenvalue weighted by Crippen LogP contribution is 2.26. The summed E-state index contributed by atoms with van der Waals surface area (Å²) in [4.78, 5) is 12.3. The zero-order chi connectivity index (χ0) is 19.3. The van der Waals surface area contributed by atoms with E-state index in [0.717, 1.165) is 17.5 Å². The molecule has 0 spiro atoms. The van der Waals surface area contributed by atoms with Crippen LogP contribution in [-0.2, 0) is 13.0 Å². The molecule has 3 aromatic carbocycles. The van der Waals surface area contributed by atoms with Crippen molar-refractivity contribution in [3.63, 3.8) is 0 Å². The molecule has 0 amide bonds. The van der Waals surface area contributed by atoms with Crippen molar-refractivity contribution in [1.82, 2.24) is 4.57 Å². The molecule has 1 heterocycles. The molecule has 0 unspecified atom stereocenters. The second-order valence-corrected chi connectivity index (χ2v) is 7.19. The topological polar surface area (TPSA) is 22.0 Å². The van der Waals surface area contributed by atoms with Gasteiger partial charge in [0.05, 0.1) is 6.54 Å². The van der Waals surface area contributed by atoms with E-state index >= 15 is 0 Å². The Morgan fingerprint density at radius 2 is 1.43 bits per heavy atom. The number of aryl methyl sites for hydroxylation is 1. The molecule has 2 heteroatoms. The van der Waals surface area contributed by atoms with E-state index in [9.17, 15) is 4.79 Å². The van der Waals surface area contributed by atoms with Gasteiger partial charge in [-0.15, -0.1) is 0 Å². The molecule has 0 radical (unpaired) electrons. The van der Waals surface area contributed by atoms with Crippen LogP contribution >= 0.6 is 0 Å². The van der Waals surface area contributed by atoms with E-state index in [0.29, 0.717) is 6.54 Å². The van der Waals surface area contributed by atoms with Crippen molar-refractivity contribution in [2.45, 2.75) is 19.9 Å². The molecule has 0 aliphatic rings. The first-order chi connectivity index (χ1) is 13.7. The molecule has 0 aliphatic carbocycles. The van der Waals surface area contributed by atoms with Gasteiger partial charge in [0.25, 0.3) is 5.56 Å². The van der Waals surface area contributed by atoms with Crippen molar-refractivity contribution in [3.05, 3.63) is 130 Å². The summed E-state index contributed by atoms with van der Waals surface area (Å²) in [6.07, 6.45) is 2.78. The summed E-state index contributed by atoms with van der Waals surface area (Å²) in [6, 6.07) is 30.8. The van der Waals surface area contributed by atoms with E-state index in [1.807, 2.05) is 42.6 Å². The third kappa shape index (κ3) is 4.12. The van der Waals surface area contributed by atoms with Crippen molar-refractivity contribution in [2.75, 3.05) is 0 Å². The van der Waals surface area contributed by atoms with E-state index in [2.05, 4.69) is 55.5 Å². The zero-order valence-corrected chi connectivity index (χ0v) is 16.0. The maximum Gasteiger partial charge on any atom is 0.250 e. The monoisotopic (exact) mass is 365 g/mol. The average Bonchev–Trinajstić information content (AvgIpc) is 2.72. The van der Waals surface area contributed by atoms with Gasteiger partial charge in [-0.05, 0) is 41.2 Å². The highest BCUT2D eigenvalue weighted by molar-refractivity contribution is 5.68. The second kappa shape index (κ2) is 8.10. The summed E-state index contributed by atoms with van der Waals surface area (Å²) >= 11 is 0. The van der Waals surface area contributed by atoms with Gasteiger partial charge in [-0.2, -0.15) is 0 Å². The fraction of sp³-hybridized carbons (Fsp3) is 0.115. The van der Waals surface area contributed by atoms with Gasteiger partial charge in [0.1, 0.15) is 0 Å². The standard InChI is InChI=1S/C26H23NO/c1-20-11-14-23(15-12-20)25-10-6-5-9-24(25)17-22-13-16-26(28)27(19-22)18-21-7-3-2-4-8-21/h2-16,19H,17-18H2,1H3. The maximum atomic E-state index is 12.3. The van der Waals surface area contributed by atoms with Crippen LogP contribution in [0.25, 0.3) is 11.1 Å². The number of nitrogens with zero attached hydrogens (tertiary/aromatic N) is 1. The highest BCUT2D eigenvalue weighted by atomic mass is 16.1. The lowest BCUT2D eigenvalue weighted by molar-refractivity contribution is 0.751. The Morgan fingerprint density at radius 1 is 0.714 bits per heavy atom.